The van der Waals surface area contributed by atoms with Crippen molar-refractivity contribution < 1.29 is 37.8 Å². The summed E-state index contributed by atoms with van der Waals surface area (Å²) >= 11 is 0. The van der Waals surface area contributed by atoms with Crippen molar-refractivity contribution in [1.29, 1.82) is 0 Å². The summed E-state index contributed by atoms with van der Waals surface area (Å²) in [4.78, 5) is 43.3. The molecule has 29 heavy (non-hydrogen) atoms. The lowest BCUT2D eigenvalue weighted by Crippen LogP contribution is -2.69. The van der Waals surface area contributed by atoms with Crippen LogP contribution in [0.2, 0.25) is 0 Å². The zero-order chi connectivity index (χ0) is 21.3. The van der Waals surface area contributed by atoms with Crippen LogP contribution in [0.4, 0.5) is 0 Å². The Hall–Kier alpha value is -0.0631. The first-order chi connectivity index (χ1) is 13.4. The highest BCUT2D eigenvalue weighted by Gasteiger charge is 2.71. The van der Waals surface area contributed by atoms with Gasteiger partial charge in [-0.25, -0.2) is 0 Å². The molecule has 13 heteroatoms. The molecular weight excluding hydrogens is 472 g/mol. The smallest absolute Gasteiger partial charge is 0.208 e. The van der Waals surface area contributed by atoms with E-state index in [-0.39, 0.29) is 24.6 Å². The Bertz CT molecular complexity index is 880. The minimum atomic E-state index is -4.00. The lowest BCUT2D eigenvalue weighted by molar-refractivity contribution is 0.477. The normalized spacial score (nSPS) is 53.1. The maximum Gasteiger partial charge on any atom is 0.208 e. The predicted molar refractivity (Wildman–Crippen MR) is 116 cm³/mol. The summed E-state index contributed by atoms with van der Waals surface area (Å²) in [7, 11) is -19.8. The second kappa shape index (κ2) is 6.97. The largest absolute Gasteiger partial charge is 0.344 e. The molecule has 0 saturated heterocycles. The van der Waals surface area contributed by atoms with Crippen molar-refractivity contribution in [2.75, 3.05) is 24.6 Å². The van der Waals surface area contributed by atoms with Crippen LogP contribution >= 0.6 is 29.5 Å². The first-order valence-corrected chi connectivity index (χ1v) is 19.2. The molecule has 0 aromatic carbocycles. The van der Waals surface area contributed by atoms with Crippen molar-refractivity contribution >= 4 is 37.5 Å². The molecule has 0 aromatic rings. The number of hydrogen-bond acceptors (Lipinski definition) is 4. The minimum absolute atomic E-state index is 0.156. The molecule has 4 heterocycles. The molecule has 4 rings (SSSR count). The molecule has 4 aliphatic heterocycles. The third-order valence-electron chi connectivity index (χ3n) is 6.53. The van der Waals surface area contributed by atoms with Gasteiger partial charge in [-0.15, -0.1) is 0 Å². The van der Waals surface area contributed by atoms with Crippen molar-refractivity contribution in [3.8, 4) is 0 Å². The van der Waals surface area contributed by atoms with Gasteiger partial charge in [-0.2, -0.15) is 0 Å². The molecule has 4 N–H and O–H groups in total. The average molecular weight is 496 g/mol. The fourth-order valence-corrected chi connectivity index (χ4v) is 34.0. The maximum atomic E-state index is 13.2. The van der Waals surface area contributed by atoms with E-state index < -0.39 is 58.7 Å². The quantitative estimate of drug-likeness (QED) is 0.263. The van der Waals surface area contributed by atoms with Gasteiger partial charge in [-0.05, 0) is 0 Å². The summed E-state index contributed by atoms with van der Waals surface area (Å²) in [6.07, 6.45) is 11.4. The van der Waals surface area contributed by atoms with E-state index in [1.165, 1.54) is 48.6 Å². The fourth-order valence-electron chi connectivity index (χ4n) is 5.47. The van der Waals surface area contributed by atoms with Crippen LogP contribution in [0.3, 0.4) is 0 Å². The Morgan fingerprint density at radius 1 is 0.517 bits per heavy atom. The topological polar surface area (TPSA) is 149 Å². The predicted octanol–water partition coefficient (Wildman–Crippen LogP) is 2.43. The van der Waals surface area contributed by atoms with Gasteiger partial charge < -0.3 is 19.6 Å². The summed E-state index contributed by atoms with van der Waals surface area (Å²) in [5.41, 5.74) is 0. The zero-order valence-corrected chi connectivity index (χ0v) is 20.0. The molecule has 8 nitrogen and oxygen atoms in total. The molecule has 0 fully saturated rings. The SMILES string of the molecule is O=P1(O)CC=CC1[Si](C1C=CCP1(=O)O)(C1C=CCP1(=O)O)C1C=CCP1(=O)O. The monoisotopic (exact) mass is 496 g/mol. The van der Waals surface area contributed by atoms with Crippen LogP contribution in [-0.4, -0.2) is 73.4 Å². The molecule has 8 atom stereocenters. The molecule has 4 aliphatic rings. The Morgan fingerprint density at radius 3 is 0.862 bits per heavy atom. The van der Waals surface area contributed by atoms with Crippen LogP contribution in [0.1, 0.15) is 0 Å². The van der Waals surface area contributed by atoms with E-state index in [0.29, 0.717) is 0 Å². The lowest BCUT2D eigenvalue weighted by Gasteiger charge is -2.50. The van der Waals surface area contributed by atoms with E-state index in [1.54, 1.807) is 0 Å². The molecule has 0 saturated carbocycles. The molecule has 0 aliphatic carbocycles. The van der Waals surface area contributed by atoms with Crippen LogP contribution in [0.25, 0.3) is 0 Å². The van der Waals surface area contributed by atoms with Crippen LogP contribution in [-0.2, 0) is 18.3 Å². The van der Waals surface area contributed by atoms with Gasteiger partial charge in [0.15, 0.2) is 0 Å². The van der Waals surface area contributed by atoms with Gasteiger partial charge >= 0.3 is 0 Å². The van der Waals surface area contributed by atoms with E-state index in [0.717, 1.165) is 0 Å². The molecule has 0 aromatic heterocycles. The molecular formula is C16H24O8P4Si. The Labute approximate surface area is 169 Å². The van der Waals surface area contributed by atoms with Gasteiger partial charge in [-0.1, -0.05) is 48.6 Å². The van der Waals surface area contributed by atoms with E-state index in [2.05, 4.69) is 0 Å². The fraction of sp³-hybridized carbons (Fsp3) is 0.500. The molecule has 0 radical (unpaired) electrons. The van der Waals surface area contributed by atoms with Crippen molar-refractivity contribution in [2.24, 2.45) is 0 Å². The van der Waals surface area contributed by atoms with Crippen molar-refractivity contribution in [3.63, 3.8) is 0 Å². The Balaban J connectivity index is 2.09. The lowest BCUT2D eigenvalue weighted by atomic mass is 10.6. The summed E-state index contributed by atoms with van der Waals surface area (Å²) in [5.74, 6) is 0. The highest BCUT2D eigenvalue weighted by molar-refractivity contribution is 7.73. The van der Waals surface area contributed by atoms with Crippen LogP contribution < -0.4 is 0 Å². The number of rotatable bonds is 4. The van der Waals surface area contributed by atoms with Gasteiger partial charge in [0, 0.05) is 24.6 Å². The first kappa shape index (κ1) is 22.1. The standard InChI is InChI=1S/C16H24O8P4Si/c17-25(18)9-1-5-13(25)29(14-6-2-10-26(14,19)20,15-7-3-11-27(15,21)22)16-8-4-12-28(16,23)24/h1-8,13-16H,9-12H2,(H,17,18)(H,19,20)(H,21,22)(H,23,24). The summed E-state index contributed by atoms with van der Waals surface area (Å²) in [5, 5.41) is -4.59. The third-order valence-corrected chi connectivity index (χ3v) is 28.7. The van der Waals surface area contributed by atoms with Gasteiger partial charge in [0.25, 0.3) is 0 Å². The summed E-state index contributed by atoms with van der Waals surface area (Å²) in [6.45, 7) is 0. The molecule has 160 valence electrons. The summed E-state index contributed by atoms with van der Waals surface area (Å²) in [6, 6.07) is 0. The van der Waals surface area contributed by atoms with E-state index >= 15 is 0 Å². The van der Waals surface area contributed by atoms with Crippen LogP contribution in [0.5, 0.6) is 0 Å². The minimum Gasteiger partial charge on any atom is -0.344 e. The maximum absolute atomic E-state index is 13.2. The van der Waals surface area contributed by atoms with Crippen LogP contribution in [0, 0.1) is 0 Å². The highest BCUT2D eigenvalue weighted by atomic mass is 31.2. The van der Waals surface area contributed by atoms with Crippen LogP contribution in [0.15, 0.2) is 48.6 Å². The zero-order valence-electron chi connectivity index (χ0n) is 15.5. The molecule has 0 spiro atoms. The molecule has 0 bridgehead atoms. The Morgan fingerprint density at radius 2 is 0.724 bits per heavy atom. The summed E-state index contributed by atoms with van der Waals surface area (Å²) < 4.78 is 52.9. The second-order valence-corrected chi connectivity index (χ2v) is 24.4. The molecule has 8 unspecified atom stereocenters. The van der Waals surface area contributed by atoms with E-state index in [1.807, 2.05) is 0 Å². The van der Waals surface area contributed by atoms with Crippen molar-refractivity contribution in [2.45, 2.75) is 21.1 Å². The average Bonchev–Trinajstić information content (AvgIpc) is 3.31. The van der Waals surface area contributed by atoms with E-state index in [4.69, 9.17) is 0 Å². The van der Waals surface area contributed by atoms with Crippen molar-refractivity contribution in [3.05, 3.63) is 48.6 Å². The number of allylic oxidation sites excluding steroid dienone is 8. The molecule has 0 amide bonds. The highest BCUT2D eigenvalue weighted by Crippen LogP contribution is 2.72. The van der Waals surface area contributed by atoms with E-state index in [9.17, 15) is 37.8 Å². The van der Waals surface area contributed by atoms with Gasteiger partial charge in [0.1, 0.15) is 8.07 Å². The van der Waals surface area contributed by atoms with Crippen molar-refractivity contribution in [1.82, 2.24) is 0 Å². The van der Waals surface area contributed by atoms with Gasteiger partial charge in [0.2, 0.25) is 29.5 Å². The van der Waals surface area contributed by atoms with Gasteiger partial charge in [0.05, 0.1) is 21.1 Å². The Kier molecular flexibility index (Phi) is 5.32. The third kappa shape index (κ3) is 3.26. The first-order valence-electron chi connectivity index (χ1n) is 9.28. The second-order valence-electron chi connectivity index (χ2n) is 8.24. The van der Waals surface area contributed by atoms with Gasteiger partial charge in [-0.3, -0.25) is 18.3 Å². The number of hydrogen-bond donors (Lipinski definition) is 4.